The Hall–Kier alpha value is -2.41. The number of fused-ring (bicyclic) bond motifs is 1. The van der Waals surface area contributed by atoms with E-state index in [1.807, 2.05) is 24.4 Å². The Kier molecular flexibility index (Phi) is 6.41. The van der Waals surface area contributed by atoms with Crippen LogP contribution in [0.1, 0.15) is 21.8 Å². The zero-order valence-electron chi connectivity index (χ0n) is 17.7. The number of rotatable bonds is 5. The average molecular weight is 568 g/mol. The molecule has 35 heavy (non-hydrogen) atoms. The fourth-order valence-electron chi connectivity index (χ4n) is 4.15. The van der Waals surface area contributed by atoms with Gasteiger partial charge in [0.1, 0.15) is 4.33 Å². The minimum absolute atomic E-state index is 0.204. The van der Waals surface area contributed by atoms with Crippen molar-refractivity contribution < 1.29 is 9.59 Å². The first-order valence-electron chi connectivity index (χ1n) is 10.5. The van der Waals surface area contributed by atoms with Crippen molar-refractivity contribution in [3.8, 4) is 0 Å². The van der Waals surface area contributed by atoms with Crippen LogP contribution < -0.4 is 10.6 Å². The smallest absolute Gasteiger partial charge is 0.257 e. The lowest BCUT2D eigenvalue weighted by Crippen LogP contribution is -2.18. The highest BCUT2D eigenvalue weighted by Gasteiger charge is 2.67. The lowest BCUT2D eigenvalue weighted by molar-refractivity contribution is -0.117. The predicted octanol–water partition coefficient (Wildman–Crippen LogP) is 7.91. The van der Waals surface area contributed by atoms with Crippen LogP contribution >= 0.6 is 58.0 Å². The first kappa shape index (κ1) is 24.3. The van der Waals surface area contributed by atoms with Crippen LogP contribution in [0.4, 0.5) is 11.4 Å². The summed E-state index contributed by atoms with van der Waals surface area (Å²) in [7, 11) is 0. The van der Waals surface area contributed by atoms with Crippen molar-refractivity contribution >= 4 is 92.1 Å². The van der Waals surface area contributed by atoms with Crippen molar-refractivity contribution in [2.75, 3.05) is 10.6 Å². The molecule has 1 saturated carbocycles. The fourth-order valence-corrected chi connectivity index (χ4v) is 5.72. The SMILES string of the molecule is O=C(Nc1ccc2[nH]ccc2c1)c1cc(NC(=O)[C@@H]2[C@@H](c3cc(Cl)cc(Cl)c3)C2(Cl)Cl)ccc1Cl. The third-order valence-electron chi connectivity index (χ3n) is 5.87. The molecule has 10 heteroatoms. The molecule has 1 aromatic heterocycles. The van der Waals surface area contributed by atoms with Gasteiger partial charge in [0.2, 0.25) is 5.91 Å². The molecule has 5 nitrogen and oxygen atoms in total. The van der Waals surface area contributed by atoms with Crippen LogP contribution in [0.3, 0.4) is 0 Å². The number of hydrogen-bond donors (Lipinski definition) is 3. The summed E-state index contributed by atoms with van der Waals surface area (Å²) in [5.41, 5.74) is 2.82. The van der Waals surface area contributed by atoms with Gasteiger partial charge in [-0.25, -0.2) is 0 Å². The van der Waals surface area contributed by atoms with E-state index in [1.54, 1.807) is 30.3 Å². The van der Waals surface area contributed by atoms with Gasteiger partial charge >= 0.3 is 0 Å². The maximum absolute atomic E-state index is 13.0. The van der Waals surface area contributed by atoms with Crippen LogP contribution in [-0.4, -0.2) is 21.1 Å². The number of aromatic amines is 1. The number of carbonyl (C=O) groups excluding carboxylic acids is 2. The quantitative estimate of drug-likeness (QED) is 0.215. The zero-order chi connectivity index (χ0) is 24.9. The van der Waals surface area contributed by atoms with E-state index in [2.05, 4.69) is 15.6 Å². The molecular weight excluding hydrogens is 552 g/mol. The molecule has 2 atom stereocenters. The second-order valence-corrected chi connectivity index (χ2v) is 11.0. The van der Waals surface area contributed by atoms with Gasteiger partial charge in [0.05, 0.1) is 16.5 Å². The van der Waals surface area contributed by atoms with E-state index in [-0.39, 0.29) is 10.6 Å². The van der Waals surface area contributed by atoms with Gasteiger partial charge in [0.25, 0.3) is 5.91 Å². The number of benzene rings is 3. The molecular formula is C25H16Cl5N3O2. The topological polar surface area (TPSA) is 74.0 Å². The first-order valence-corrected chi connectivity index (χ1v) is 12.3. The summed E-state index contributed by atoms with van der Waals surface area (Å²) < 4.78 is -1.32. The maximum Gasteiger partial charge on any atom is 0.257 e. The van der Waals surface area contributed by atoms with E-state index in [1.165, 1.54) is 12.1 Å². The van der Waals surface area contributed by atoms with Crippen molar-refractivity contribution in [2.45, 2.75) is 10.3 Å². The monoisotopic (exact) mass is 565 g/mol. The molecule has 3 aromatic carbocycles. The van der Waals surface area contributed by atoms with Crippen molar-refractivity contribution in [1.29, 1.82) is 0 Å². The lowest BCUT2D eigenvalue weighted by Gasteiger charge is -2.10. The summed E-state index contributed by atoms with van der Waals surface area (Å²) in [6.07, 6.45) is 1.82. The normalized spacial score (nSPS) is 18.3. The van der Waals surface area contributed by atoms with Gasteiger partial charge in [0.15, 0.2) is 0 Å². The number of alkyl halides is 2. The molecule has 5 rings (SSSR count). The number of amides is 2. The summed E-state index contributed by atoms with van der Waals surface area (Å²) in [6, 6.07) is 17.0. The van der Waals surface area contributed by atoms with Crippen LogP contribution in [-0.2, 0) is 4.79 Å². The summed E-state index contributed by atoms with van der Waals surface area (Å²) in [5, 5.41) is 7.66. The van der Waals surface area contributed by atoms with Crippen molar-refractivity contribution in [3.63, 3.8) is 0 Å². The van der Waals surface area contributed by atoms with Gasteiger partial charge in [-0.05, 0) is 66.2 Å². The molecule has 1 heterocycles. The Morgan fingerprint density at radius 1 is 0.829 bits per heavy atom. The molecule has 0 aliphatic heterocycles. The lowest BCUT2D eigenvalue weighted by atomic mass is 10.1. The van der Waals surface area contributed by atoms with E-state index in [9.17, 15) is 9.59 Å². The standard InChI is InChI=1S/C25H16Cl5N3O2/c26-14-7-13(8-15(27)10-14)21-22(25(21,29)30)24(35)33-17-1-3-19(28)18(11-17)23(34)32-16-2-4-20-12(9-16)5-6-31-20/h1-11,21-22,31H,(H,32,34)(H,33,35)/t21-,22+/m1/s1. The van der Waals surface area contributed by atoms with Gasteiger partial charge in [-0.1, -0.05) is 34.8 Å². The van der Waals surface area contributed by atoms with Crippen LogP contribution in [0.25, 0.3) is 10.9 Å². The van der Waals surface area contributed by atoms with E-state index in [0.29, 0.717) is 27.0 Å². The van der Waals surface area contributed by atoms with Crippen LogP contribution in [0.5, 0.6) is 0 Å². The van der Waals surface area contributed by atoms with Gasteiger partial charge < -0.3 is 15.6 Å². The van der Waals surface area contributed by atoms with Gasteiger partial charge in [-0.15, -0.1) is 23.2 Å². The van der Waals surface area contributed by atoms with E-state index in [0.717, 1.165) is 10.9 Å². The van der Waals surface area contributed by atoms with Gasteiger partial charge in [0, 0.05) is 44.4 Å². The summed E-state index contributed by atoms with van der Waals surface area (Å²) >= 11 is 31.3. The molecule has 0 bridgehead atoms. The van der Waals surface area contributed by atoms with E-state index < -0.39 is 28.0 Å². The molecule has 0 saturated heterocycles. The Morgan fingerprint density at radius 3 is 2.26 bits per heavy atom. The number of anilines is 2. The minimum Gasteiger partial charge on any atom is -0.361 e. The molecule has 1 aliphatic rings. The highest BCUT2D eigenvalue weighted by Crippen LogP contribution is 2.65. The summed E-state index contributed by atoms with van der Waals surface area (Å²) in [5.74, 6) is -2.03. The number of halogens is 5. The minimum atomic E-state index is -1.32. The summed E-state index contributed by atoms with van der Waals surface area (Å²) in [4.78, 5) is 29.0. The third-order valence-corrected chi connectivity index (χ3v) is 7.58. The third kappa shape index (κ3) is 4.84. The number of nitrogens with one attached hydrogen (secondary N) is 3. The molecule has 0 spiro atoms. The van der Waals surface area contributed by atoms with Crippen molar-refractivity contribution in [3.05, 3.63) is 93.1 Å². The van der Waals surface area contributed by atoms with Crippen LogP contribution in [0.15, 0.2) is 66.9 Å². The van der Waals surface area contributed by atoms with Crippen LogP contribution in [0.2, 0.25) is 15.1 Å². The van der Waals surface area contributed by atoms with Crippen molar-refractivity contribution in [2.24, 2.45) is 5.92 Å². The largest absolute Gasteiger partial charge is 0.361 e. The van der Waals surface area contributed by atoms with Gasteiger partial charge in [-0.3, -0.25) is 9.59 Å². The molecule has 4 aromatic rings. The summed E-state index contributed by atoms with van der Waals surface area (Å²) in [6.45, 7) is 0. The number of carbonyl (C=O) groups is 2. The maximum atomic E-state index is 13.0. The predicted molar refractivity (Wildman–Crippen MR) is 143 cm³/mol. The number of H-pyrrole nitrogens is 1. The number of aromatic nitrogens is 1. The highest BCUT2D eigenvalue weighted by atomic mass is 35.5. The molecule has 178 valence electrons. The van der Waals surface area contributed by atoms with Crippen LogP contribution in [0, 0.1) is 5.92 Å². The Bertz CT molecular complexity index is 1460. The van der Waals surface area contributed by atoms with Crippen molar-refractivity contribution in [1.82, 2.24) is 4.98 Å². The molecule has 2 amide bonds. The molecule has 1 fully saturated rings. The first-order chi connectivity index (χ1) is 16.6. The zero-order valence-corrected chi connectivity index (χ0v) is 21.5. The molecule has 0 radical (unpaired) electrons. The van der Waals surface area contributed by atoms with E-state index >= 15 is 0 Å². The number of hydrogen-bond acceptors (Lipinski definition) is 2. The fraction of sp³-hybridized carbons (Fsp3) is 0.120. The van der Waals surface area contributed by atoms with E-state index in [4.69, 9.17) is 58.0 Å². The van der Waals surface area contributed by atoms with Gasteiger partial charge in [-0.2, -0.15) is 0 Å². The highest BCUT2D eigenvalue weighted by molar-refractivity contribution is 6.53. The Balaban J connectivity index is 1.33. The average Bonchev–Trinajstić information content (AvgIpc) is 3.11. The Morgan fingerprint density at radius 2 is 1.51 bits per heavy atom. The second kappa shape index (κ2) is 9.23. The Labute approximate surface area is 225 Å². The molecule has 1 aliphatic carbocycles. The molecule has 0 unspecified atom stereocenters. The second-order valence-electron chi connectivity index (χ2n) is 8.25. The molecule has 3 N–H and O–H groups in total.